The second-order valence-electron chi connectivity index (χ2n) is 4.72. The van der Waals surface area contributed by atoms with Crippen molar-refractivity contribution in [1.29, 1.82) is 0 Å². The number of hydrogen-bond acceptors (Lipinski definition) is 1. The Bertz CT molecular complexity index is 736. The summed E-state index contributed by atoms with van der Waals surface area (Å²) < 4.78 is 0. The molecule has 0 aliphatic heterocycles. The molecule has 101 valence electrons. The van der Waals surface area contributed by atoms with E-state index in [2.05, 4.69) is 11.4 Å². The van der Waals surface area contributed by atoms with Gasteiger partial charge in [-0.3, -0.25) is 4.79 Å². The van der Waals surface area contributed by atoms with Crippen molar-refractivity contribution in [2.24, 2.45) is 0 Å². The highest BCUT2D eigenvalue weighted by Gasteiger charge is 2.07. The van der Waals surface area contributed by atoms with Crippen LogP contribution < -0.4 is 5.32 Å². The van der Waals surface area contributed by atoms with E-state index in [1.807, 2.05) is 72.8 Å². The summed E-state index contributed by atoms with van der Waals surface area (Å²) in [5, 5.41) is 2.68. The lowest BCUT2D eigenvalue weighted by molar-refractivity contribution is 0.561. The molecule has 0 bridgehead atoms. The van der Waals surface area contributed by atoms with Crippen LogP contribution in [0, 0.1) is 0 Å². The van der Waals surface area contributed by atoms with Crippen molar-refractivity contribution in [2.75, 3.05) is 5.32 Å². The lowest BCUT2D eigenvalue weighted by Crippen LogP contribution is -1.97. The molecule has 0 aliphatic rings. The maximum absolute atomic E-state index is 10.8. The highest BCUT2D eigenvalue weighted by molar-refractivity contribution is 5.88. The zero-order chi connectivity index (χ0) is 14.5. The van der Waals surface area contributed by atoms with E-state index in [9.17, 15) is 4.79 Å². The van der Waals surface area contributed by atoms with Crippen LogP contribution in [0.3, 0.4) is 0 Å². The molecular weight excluding hydrogens is 258 g/mol. The van der Waals surface area contributed by atoms with Gasteiger partial charge in [0.15, 0.2) is 0 Å². The molecule has 1 amide bonds. The van der Waals surface area contributed by atoms with Gasteiger partial charge in [0.25, 0.3) is 0 Å². The van der Waals surface area contributed by atoms with E-state index in [4.69, 9.17) is 0 Å². The average molecular weight is 272 g/mol. The number of anilines is 1. The molecule has 0 spiro atoms. The Labute approximate surface area is 124 Å². The van der Waals surface area contributed by atoms with Crippen LogP contribution in [0.1, 0.15) is 0 Å². The number of benzene rings is 3. The third-order valence-corrected chi connectivity index (χ3v) is 3.40. The summed E-state index contributed by atoms with van der Waals surface area (Å²) in [6, 6.07) is 26.1. The maximum atomic E-state index is 10.8. The van der Waals surface area contributed by atoms with E-state index >= 15 is 0 Å². The minimum Gasteiger partial charge on any atom is -0.317 e. The molecule has 0 heterocycles. The fourth-order valence-electron chi connectivity index (χ4n) is 2.38. The first-order valence-corrected chi connectivity index (χ1v) is 6.76. The summed E-state index contributed by atoms with van der Waals surface area (Å²) in [5.41, 5.74) is 4.99. The van der Waals surface area contributed by atoms with Gasteiger partial charge in [-0.25, -0.2) is 0 Å². The van der Waals surface area contributed by atoms with Gasteiger partial charge in [-0.2, -0.15) is 0 Å². The van der Waals surface area contributed by atoms with Crippen molar-refractivity contribution in [1.82, 2.24) is 0 Å². The standard InChI is InChI=1S/C19H14NO/c21-14-20-19-13-17(15-7-3-1-4-8-15)11-12-18(19)16-9-5-2-6-10-16/h1-13H,(H,20,21). The summed E-state index contributed by atoms with van der Waals surface area (Å²) in [7, 11) is 0. The highest BCUT2D eigenvalue weighted by Crippen LogP contribution is 2.32. The molecular formula is C19H14NO. The van der Waals surface area contributed by atoms with E-state index in [1.165, 1.54) is 0 Å². The number of carbonyl (C=O) groups excluding carboxylic acids is 1. The molecule has 3 aromatic carbocycles. The van der Waals surface area contributed by atoms with Gasteiger partial charge < -0.3 is 5.32 Å². The minimum atomic E-state index is 0.762. The summed E-state index contributed by atoms with van der Waals surface area (Å²) in [6.45, 7) is 0. The van der Waals surface area contributed by atoms with Gasteiger partial charge in [-0.15, -0.1) is 0 Å². The van der Waals surface area contributed by atoms with Gasteiger partial charge in [0.2, 0.25) is 0 Å². The summed E-state index contributed by atoms with van der Waals surface area (Å²) in [4.78, 5) is 10.8. The average Bonchev–Trinajstić information content (AvgIpc) is 2.57. The predicted molar refractivity (Wildman–Crippen MR) is 86.6 cm³/mol. The minimum absolute atomic E-state index is 0.762. The first kappa shape index (κ1) is 13.1. The van der Waals surface area contributed by atoms with Crippen LogP contribution in [0.2, 0.25) is 0 Å². The number of nitrogens with one attached hydrogen (secondary N) is 1. The van der Waals surface area contributed by atoms with Crippen molar-refractivity contribution in [3.05, 3.63) is 78.9 Å². The molecule has 0 fully saturated rings. The van der Waals surface area contributed by atoms with Gasteiger partial charge in [-0.1, -0.05) is 72.8 Å². The third-order valence-electron chi connectivity index (χ3n) is 3.40. The van der Waals surface area contributed by atoms with Crippen LogP contribution in [0.4, 0.5) is 5.69 Å². The summed E-state index contributed by atoms with van der Waals surface area (Å²) >= 11 is 0. The Kier molecular flexibility index (Phi) is 3.79. The Balaban J connectivity index is 2.09. The zero-order valence-electron chi connectivity index (χ0n) is 11.4. The monoisotopic (exact) mass is 272 g/mol. The van der Waals surface area contributed by atoms with E-state index in [0.29, 0.717) is 0 Å². The Hall–Kier alpha value is -2.87. The summed E-state index contributed by atoms with van der Waals surface area (Å²) in [6.07, 6.45) is 1.77. The first-order chi connectivity index (χ1) is 10.4. The van der Waals surface area contributed by atoms with E-state index in [1.54, 1.807) is 6.41 Å². The fourth-order valence-corrected chi connectivity index (χ4v) is 2.38. The van der Waals surface area contributed by atoms with Gasteiger partial charge in [0.05, 0.1) is 0 Å². The molecule has 2 nitrogen and oxygen atoms in total. The number of amides is 1. The molecule has 1 N–H and O–H groups in total. The third kappa shape index (κ3) is 2.84. The van der Waals surface area contributed by atoms with Crippen LogP contribution in [0.25, 0.3) is 22.3 Å². The van der Waals surface area contributed by atoms with E-state index in [0.717, 1.165) is 27.9 Å². The van der Waals surface area contributed by atoms with Gasteiger partial charge in [-0.05, 0) is 22.8 Å². The van der Waals surface area contributed by atoms with Crippen LogP contribution in [0.15, 0.2) is 78.9 Å². The molecule has 0 aliphatic carbocycles. The smallest absolute Gasteiger partial charge is 0.314 e. The quantitative estimate of drug-likeness (QED) is 0.696. The largest absolute Gasteiger partial charge is 0.317 e. The molecule has 0 unspecified atom stereocenters. The van der Waals surface area contributed by atoms with Crippen molar-refractivity contribution in [3.63, 3.8) is 0 Å². The van der Waals surface area contributed by atoms with Crippen LogP contribution >= 0.6 is 0 Å². The normalized spacial score (nSPS) is 10.1. The Morgan fingerprint density at radius 2 is 1.29 bits per heavy atom. The Morgan fingerprint density at radius 3 is 1.90 bits per heavy atom. The lowest BCUT2D eigenvalue weighted by atomic mass is 9.98. The molecule has 3 aromatic rings. The molecule has 0 saturated carbocycles. The Morgan fingerprint density at radius 1 is 0.667 bits per heavy atom. The SMILES string of the molecule is O=[C]Nc1cc(-c2ccccc2)ccc1-c1ccccc1. The summed E-state index contributed by atoms with van der Waals surface area (Å²) in [5.74, 6) is 0. The molecule has 2 heteroatoms. The maximum Gasteiger partial charge on any atom is 0.314 e. The second kappa shape index (κ2) is 6.06. The second-order valence-corrected chi connectivity index (χ2v) is 4.72. The molecule has 1 radical (unpaired) electrons. The number of rotatable bonds is 4. The van der Waals surface area contributed by atoms with E-state index in [-0.39, 0.29) is 0 Å². The van der Waals surface area contributed by atoms with Crippen molar-refractivity contribution in [3.8, 4) is 22.3 Å². The van der Waals surface area contributed by atoms with Crippen molar-refractivity contribution in [2.45, 2.75) is 0 Å². The molecule has 21 heavy (non-hydrogen) atoms. The van der Waals surface area contributed by atoms with Crippen molar-refractivity contribution >= 4 is 12.1 Å². The van der Waals surface area contributed by atoms with E-state index < -0.39 is 0 Å². The molecule has 0 atom stereocenters. The van der Waals surface area contributed by atoms with Gasteiger partial charge in [0.1, 0.15) is 0 Å². The van der Waals surface area contributed by atoms with Crippen LogP contribution in [-0.2, 0) is 4.79 Å². The highest BCUT2D eigenvalue weighted by atomic mass is 16.1. The van der Waals surface area contributed by atoms with Gasteiger partial charge >= 0.3 is 6.41 Å². The molecule has 3 rings (SSSR count). The fraction of sp³-hybridized carbons (Fsp3) is 0. The number of hydrogen-bond donors (Lipinski definition) is 1. The first-order valence-electron chi connectivity index (χ1n) is 6.76. The zero-order valence-corrected chi connectivity index (χ0v) is 11.4. The van der Waals surface area contributed by atoms with Crippen molar-refractivity contribution < 1.29 is 4.79 Å². The lowest BCUT2D eigenvalue weighted by Gasteiger charge is -2.11. The van der Waals surface area contributed by atoms with Gasteiger partial charge in [0, 0.05) is 11.3 Å². The van der Waals surface area contributed by atoms with Crippen LogP contribution in [-0.4, -0.2) is 6.41 Å². The molecule has 0 aromatic heterocycles. The predicted octanol–water partition coefficient (Wildman–Crippen LogP) is 4.50. The topological polar surface area (TPSA) is 29.1 Å². The van der Waals surface area contributed by atoms with Crippen LogP contribution in [0.5, 0.6) is 0 Å². The molecule has 0 saturated heterocycles.